The Labute approximate surface area is 86.8 Å². The van der Waals surface area contributed by atoms with Gasteiger partial charge in [0.05, 0.1) is 5.75 Å². The molecule has 0 aromatic rings. The number of hydrogen-bond acceptors (Lipinski definition) is 3. The van der Waals surface area contributed by atoms with Crippen LogP contribution >= 0.6 is 10.7 Å². The summed E-state index contributed by atoms with van der Waals surface area (Å²) in [4.78, 5) is 0. The Bertz CT molecular complexity index is 248. The minimum Gasteiger partial charge on any atom is -0.375 e. The molecule has 0 bridgehead atoms. The lowest BCUT2D eigenvalue weighted by Gasteiger charge is -2.09. The van der Waals surface area contributed by atoms with Crippen LogP contribution < -0.4 is 0 Å². The molecule has 0 amide bonds. The van der Waals surface area contributed by atoms with Crippen LogP contribution in [0.2, 0.25) is 0 Å². The molecule has 0 atom stereocenters. The van der Waals surface area contributed by atoms with E-state index in [4.69, 9.17) is 10.7 Å². The summed E-state index contributed by atoms with van der Waals surface area (Å²) in [5.74, 6) is -2.99. The zero-order chi connectivity index (χ0) is 11.2. The van der Waals surface area contributed by atoms with Crippen LogP contribution in [0.25, 0.3) is 0 Å². The highest BCUT2D eigenvalue weighted by atomic mass is 35.7. The molecule has 7 heteroatoms. The second-order valence-electron chi connectivity index (χ2n) is 3.07. The van der Waals surface area contributed by atoms with Gasteiger partial charge in [0.15, 0.2) is 0 Å². The third-order valence-electron chi connectivity index (χ3n) is 1.28. The van der Waals surface area contributed by atoms with E-state index in [0.717, 1.165) is 6.92 Å². The Morgan fingerprint density at radius 1 is 1.36 bits per heavy atom. The lowest BCUT2D eigenvalue weighted by molar-refractivity contribution is -0.0627. The third kappa shape index (κ3) is 12.1. The summed E-state index contributed by atoms with van der Waals surface area (Å²) < 4.78 is 49.8. The van der Waals surface area contributed by atoms with Crippen molar-refractivity contribution in [2.45, 2.75) is 25.7 Å². The predicted octanol–water partition coefficient (Wildman–Crippen LogP) is 2.01. The molecule has 0 rings (SSSR count). The van der Waals surface area contributed by atoms with Crippen LogP contribution in [0, 0.1) is 0 Å². The number of hydrogen-bond donors (Lipinski definition) is 0. The van der Waals surface area contributed by atoms with Gasteiger partial charge in [0.25, 0.3) is 5.92 Å². The second-order valence-corrected chi connectivity index (χ2v) is 5.97. The smallest absolute Gasteiger partial charge is 0.268 e. The minimum absolute atomic E-state index is 0.121. The van der Waals surface area contributed by atoms with Gasteiger partial charge in [0.2, 0.25) is 9.05 Å². The maximum Gasteiger partial charge on any atom is 0.268 e. The monoisotopic (exact) mass is 250 g/mol. The van der Waals surface area contributed by atoms with Crippen LogP contribution in [0.5, 0.6) is 0 Å². The Kier molecular flexibility index (Phi) is 5.85. The van der Waals surface area contributed by atoms with Crippen LogP contribution in [0.1, 0.15) is 19.8 Å². The summed E-state index contributed by atoms with van der Waals surface area (Å²) in [6.07, 6.45) is 0.725. The molecule has 0 unspecified atom stereocenters. The van der Waals surface area contributed by atoms with E-state index in [2.05, 4.69) is 4.74 Å². The first-order valence-corrected chi connectivity index (χ1v) is 6.56. The van der Waals surface area contributed by atoms with Gasteiger partial charge in [-0.15, -0.1) is 0 Å². The number of ether oxygens (including phenoxy) is 1. The standard InChI is InChI=1S/C7H13ClF2O3S/c1-7(9,10)6-13-4-2-3-5-14(8,11)12/h2-6H2,1H3. The molecule has 0 spiro atoms. The van der Waals surface area contributed by atoms with E-state index >= 15 is 0 Å². The van der Waals surface area contributed by atoms with Crippen LogP contribution in [-0.2, 0) is 13.8 Å². The topological polar surface area (TPSA) is 43.4 Å². The molecule has 0 aliphatic carbocycles. The van der Waals surface area contributed by atoms with Crippen LogP contribution in [0.3, 0.4) is 0 Å². The number of alkyl halides is 2. The van der Waals surface area contributed by atoms with E-state index in [1.807, 2.05) is 0 Å². The minimum atomic E-state index is -3.47. The summed E-state index contributed by atoms with van der Waals surface area (Å²) >= 11 is 0. The average Bonchev–Trinajstić information content (AvgIpc) is 1.92. The van der Waals surface area contributed by atoms with Crippen LogP contribution in [0.4, 0.5) is 8.78 Å². The van der Waals surface area contributed by atoms with Gasteiger partial charge in [0.1, 0.15) is 6.61 Å². The molecule has 0 radical (unpaired) electrons. The quantitative estimate of drug-likeness (QED) is 0.513. The van der Waals surface area contributed by atoms with Gasteiger partial charge in [-0.2, -0.15) is 0 Å². The van der Waals surface area contributed by atoms with Crippen molar-refractivity contribution in [3.63, 3.8) is 0 Å². The first-order chi connectivity index (χ1) is 6.21. The molecule has 14 heavy (non-hydrogen) atoms. The predicted molar refractivity (Wildman–Crippen MR) is 50.3 cm³/mol. The van der Waals surface area contributed by atoms with E-state index < -0.39 is 21.6 Å². The third-order valence-corrected chi connectivity index (χ3v) is 2.52. The zero-order valence-corrected chi connectivity index (χ0v) is 9.37. The maximum atomic E-state index is 12.2. The van der Waals surface area contributed by atoms with Gasteiger partial charge in [-0.05, 0) is 12.8 Å². The highest BCUT2D eigenvalue weighted by Gasteiger charge is 2.20. The fourth-order valence-corrected chi connectivity index (χ4v) is 1.61. The van der Waals surface area contributed by atoms with Crippen molar-refractivity contribution in [3.8, 4) is 0 Å². The normalized spacial score (nSPS) is 13.1. The molecule has 0 fully saturated rings. The first kappa shape index (κ1) is 14.1. The second kappa shape index (κ2) is 5.82. The van der Waals surface area contributed by atoms with Crippen molar-refractivity contribution in [2.75, 3.05) is 19.0 Å². The van der Waals surface area contributed by atoms with Crippen molar-refractivity contribution in [1.82, 2.24) is 0 Å². The molecule has 0 aliphatic rings. The van der Waals surface area contributed by atoms with Crippen molar-refractivity contribution < 1.29 is 21.9 Å². The maximum absolute atomic E-state index is 12.2. The van der Waals surface area contributed by atoms with Crippen molar-refractivity contribution in [2.24, 2.45) is 0 Å². The molecule has 0 N–H and O–H groups in total. The molecular formula is C7H13ClF2O3S. The number of unbranched alkanes of at least 4 members (excludes halogenated alkanes) is 1. The highest BCUT2D eigenvalue weighted by Crippen LogP contribution is 2.11. The Hall–Kier alpha value is 0.0600. The number of halogens is 3. The van der Waals surface area contributed by atoms with Crippen molar-refractivity contribution >= 4 is 19.7 Å². The Morgan fingerprint density at radius 3 is 2.36 bits per heavy atom. The van der Waals surface area contributed by atoms with Gasteiger partial charge in [0, 0.05) is 24.2 Å². The van der Waals surface area contributed by atoms with Gasteiger partial charge < -0.3 is 4.74 Å². The Morgan fingerprint density at radius 2 is 1.93 bits per heavy atom. The molecule has 0 aromatic carbocycles. The lowest BCUT2D eigenvalue weighted by Crippen LogP contribution is -2.19. The summed E-state index contributed by atoms with van der Waals surface area (Å²) in [5.41, 5.74) is 0. The molecule has 3 nitrogen and oxygen atoms in total. The fraction of sp³-hybridized carbons (Fsp3) is 1.00. The molecular weight excluding hydrogens is 238 g/mol. The highest BCUT2D eigenvalue weighted by molar-refractivity contribution is 8.13. The van der Waals surface area contributed by atoms with Gasteiger partial charge >= 0.3 is 0 Å². The molecule has 86 valence electrons. The van der Waals surface area contributed by atoms with Crippen molar-refractivity contribution in [1.29, 1.82) is 0 Å². The summed E-state index contributed by atoms with van der Waals surface area (Å²) in [6, 6.07) is 0. The lowest BCUT2D eigenvalue weighted by atomic mass is 10.3. The molecule has 0 aromatic heterocycles. The average molecular weight is 251 g/mol. The SMILES string of the molecule is CC(F)(F)COCCCCS(=O)(=O)Cl. The summed E-state index contributed by atoms with van der Waals surface area (Å²) in [7, 11) is 1.46. The largest absolute Gasteiger partial charge is 0.375 e. The summed E-state index contributed by atoms with van der Waals surface area (Å²) in [6.45, 7) is 0.243. The van der Waals surface area contributed by atoms with Gasteiger partial charge in [-0.3, -0.25) is 0 Å². The van der Waals surface area contributed by atoms with E-state index in [1.165, 1.54) is 0 Å². The van der Waals surface area contributed by atoms with Crippen LogP contribution in [-0.4, -0.2) is 33.3 Å². The van der Waals surface area contributed by atoms with Crippen LogP contribution in [0.15, 0.2) is 0 Å². The molecule has 0 heterocycles. The Balaban J connectivity index is 3.32. The zero-order valence-electron chi connectivity index (χ0n) is 7.80. The molecule has 0 saturated carbocycles. The van der Waals surface area contributed by atoms with E-state index in [0.29, 0.717) is 12.8 Å². The van der Waals surface area contributed by atoms with E-state index in [1.54, 1.807) is 0 Å². The van der Waals surface area contributed by atoms with Crippen molar-refractivity contribution in [3.05, 3.63) is 0 Å². The summed E-state index contributed by atoms with van der Waals surface area (Å²) in [5, 5.41) is 0. The van der Waals surface area contributed by atoms with E-state index in [9.17, 15) is 17.2 Å². The molecule has 0 saturated heterocycles. The van der Waals surface area contributed by atoms with E-state index in [-0.39, 0.29) is 12.4 Å². The first-order valence-electron chi connectivity index (χ1n) is 4.09. The van der Waals surface area contributed by atoms with Gasteiger partial charge in [-0.1, -0.05) is 0 Å². The fourth-order valence-electron chi connectivity index (χ4n) is 0.730. The molecule has 0 aliphatic heterocycles. The number of rotatable bonds is 7. The van der Waals surface area contributed by atoms with Gasteiger partial charge in [-0.25, -0.2) is 17.2 Å².